The summed E-state index contributed by atoms with van der Waals surface area (Å²) in [5.41, 5.74) is 0. The molecule has 25 heavy (non-hydrogen) atoms. The number of halogens is 17. The van der Waals surface area contributed by atoms with Crippen molar-refractivity contribution in [2.45, 2.75) is 46.8 Å². The van der Waals surface area contributed by atoms with E-state index in [0.717, 1.165) is 0 Å². The van der Waals surface area contributed by atoms with E-state index in [1.54, 1.807) is 0 Å². The Morgan fingerprint density at radius 2 is 0.680 bits per heavy atom. The highest BCUT2D eigenvalue weighted by Crippen LogP contribution is 2.63. The highest BCUT2D eigenvalue weighted by atomic mass is 79.9. The van der Waals surface area contributed by atoms with Crippen molar-refractivity contribution in [1.82, 2.24) is 0 Å². The molecule has 0 saturated carbocycles. The Balaban J connectivity index is 6.50. The van der Waals surface area contributed by atoms with Gasteiger partial charge in [-0.2, -0.15) is 61.5 Å². The molecule has 0 saturated heterocycles. The summed E-state index contributed by atoms with van der Waals surface area (Å²) < 4.78 is 200. The van der Waals surface area contributed by atoms with Gasteiger partial charge in [0, 0.05) is 0 Å². The summed E-state index contributed by atoms with van der Waals surface area (Å²) in [6.07, 6.45) is -5.84. The number of rotatable bonds is 7. The molecule has 0 radical (unpaired) electrons. The van der Waals surface area contributed by atoms with Gasteiger partial charge in [-0.05, 0) is 15.9 Å². The zero-order valence-corrected chi connectivity index (χ0v) is 12.1. The van der Waals surface area contributed by atoms with Crippen molar-refractivity contribution in [1.29, 1.82) is 0 Å². The first-order valence-electron chi connectivity index (χ1n) is 5.06. The van der Waals surface area contributed by atoms with Crippen molar-refractivity contribution in [3.05, 3.63) is 0 Å². The summed E-state index contributed by atoms with van der Waals surface area (Å²) in [6, 6.07) is 0. The topological polar surface area (TPSA) is 0 Å². The summed E-state index contributed by atoms with van der Waals surface area (Å²) in [6.45, 7) is 0. The molecule has 0 bridgehead atoms. The van der Waals surface area contributed by atoms with Gasteiger partial charge in [0.15, 0.2) is 0 Å². The highest BCUT2D eigenvalue weighted by molar-refractivity contribution is 9.10. The van der Waals surface area contributed by atoms with E-state index in [4.69, 9.17) is 0 Å². The predicted octanol–water partition coefficient (Wildman–Crippen LogP) is 6.05. The van der Waals surface area contributed by atoms with E-state index in [9.17, 15) is 70.2 Å². The lowest BCUT2D eigenvalue weighted by molar-refractivity contribution is -0.440. The van der Waals surface area contributed by atoms with Crippen LogP contribution < -0.4 is 0 Å². The largest absolute Gasteiger partial charge is 0.388 e. The summed E-state index contributed by atoms with van der Waals surface area (Å²) in [7, 11) is 0. The molecule has 0 amide bonds. The Kier molecular flexibility index (Phi) is 5.78. The summed E-state index contributed by atoms with van der Waals surface area (Å²) in [4.78, 5) is -6.41. The molecule has 0 spiro atoms. The van der Waals surface area contributed by atoms with Crippen molar-refractivity contribution in [3.8, 4) is 0 Å². The lowest BCUT2D eigenvalue weighted by Gasteiger charge is -2.41. The fourth-order valence-electron chi connectivity index (χ4n) is 1.12. The standard InChI is InChI=1S/C8HBrF16/c9-8(24,25)7(22,23)6(20,21)5(18,19)4(16,17)3(14,15)2(12,13)1(10)11/h1H. The molecule has 0 heterocycles. The smallest absolute Gasteiger partial charge is 0.203 e. The van der Waals surface area contributed by atoms with Crippen LogP contribution in [0.4, 0.5) is 70.2 Å². The molecule has 0 unspecified atom stereocenters. The average Bonchev–Trinajstić information content (AvgIpc) is 2.35. The highest BCUT2D eigenvalue weighted by Gasteiger charge is 2.93. The van der Waals surface area contributed by atoms with Crippen LogP contribution in [-0.2, 0) is 0 Å². The Morgan fingerprint density at radius 1 is 0.440 bits per heavy atom. The van der Waals surface area contributed by atoms with Gasteiger partial charge >= 0.3 is 46.8 Å². The summed E-state index contributed by atoms with van der Waals surface area (Å²) >= 11 is 0.411. The van der Waals surface area contributed by atoms with Crippen LogP contribution in [0, 0.1) is 0 Å². The Morgan fingerprint density at radius 3 is 0.920 bits per heavy atom. The van der Waals surface area contributed by atoms with Crippen molar-refractivity contribution in [2.24, 2.45) is 0 Å². The third kappa shape index (κ3) is 3.02. The van der Waals surface area contributed by atoms with E-state index in [-0.39, 0.29) is 0 Å². The monoisotopic (exact) mass is 480 g/mol. The van der Waals surface area contributed by atoms with Gasteiger partial charge in [0.1, 0.15) is 0 Å². The van der Waals surface area contributed by atoms with Crippen molar-refractivity contribution in [2.75, 3.05) is 0 Å². The third-order valence-electron chi connectivity index (χ3n) is 2.63. The minimum absolute atomic E-state index is 0.411. The summed E-state index contributed by atoms with van der Waals surface area (Å²) in [5, 5.41) is 0. The van der Waals surface area contributed by atoms with Gasteiger partial charge in [-0.3, -0.25) is 0 Å². The molecule has 0 aliphatic carbocycles. The van der Waals surface area contributed by atoms with Gasteiger partial charge in [0.25, 0.3) is 0 Å². The second kappa shape index (κ2) is 5.94. The third-order valence-corrected chi connectivity index (χ3v) is 3.12. The van der Waals surface area contributed by atoms with Crippen molar-refractivity contribution in [3.63, 3.8) is 0 Å². The van der Waals surface area contributed by atoms with Crippen LogP contribution in [0.25, 0.3) is 0 Å². The van der Waals surface area contributed by atoms with E-state index in [0.29, 0.717) is 15.9 Å². The molecule has 0 aliphatic heterocycles. The maximum absolute atomic E-state index is 12.9. The Bertz CT molecular complexity index is 487. The van der Waals surface area contributed by atoms with Crippen LogP contribution >= 0.6 is 15.9 Å². The maximum Gasteiger partial charge on any atom is 0.388 e. The van der Waals surface area contributed by atoms with Crippen molar-refractivity contribution < 1.29 is 70.2 Å². The lowest BCUT2D eigenvalue weighted by Crippen LogP contribution is -2.73. The molecule has 17 heteroatoms. The summed E-state index contributed by atoms with van der Waals surface area (Å²) in [5.74, 6) is -47.7. The average molecular weight is 481 g/mol. The first-order valence-corrected chi connectivity index (χ1v) is 5.85. The van der Waals surface area contributed by atoms with Crippen LogP contribution in [-0.4, -0.2) is 46.8 Å². The Labute approximate surface area is 134 Å². The zero-order valence-electron chi connectivity index (χ0n) is 10.5. The van der Waals surface area contributed by atoms with Crippen LogP contribution in [0.1, 0.15) is 0 Å². The van der Waals surface area contributed by atoms with E-state index in [1.165, 1.54) is 0 Å². The van der Waals surface area contributed by atoms with Gasteiger partial charge in [0.05, 0.1) is 0 Å². The molecule has 0 fully saturated rings. The molecular formula is C8HBrF16. The molecule has 0 aliphatic rings. The molecule has 0 nitrogen and oxygen atoms in total. The van der Waals surface area contributed by atoms with Crippen molar-refractivity contribution >= 4 is 15.9 Å². The SMILES string of the molecule is FC(F)C(F)(F)C(F)(F)C(F)(F)C(F)(F)C(F)(F)C(F)(F)C(F)(F)Br. The van der Waals surface area contributed by atoms with Crippen LogP contribution in [0.2, 0.25) is 0 Å². The number of alkyl halides is 17. The van der Waals surface area contributed by atoms with Crippen LogP contribution in [0.15, 0.2) is 0 Å². The molecule has 0 aromatic rings. The van der Waals surface area contributed by atoms with Gasteiger partial charge in [-0.15, -0.1) is 0 Å². The first kappa shape index (κ1) is 24.4. The second-order valence-electron chi connectivity index (χ2n) is 4.29. The number of hydrogen-bond donors (Lipinski definition) is 0. The quantitative estimate of drug-likeness (QED) is 0.307. The molecular weight excluding hydrogens is 480 g/mol. The van der Waals surface area contributed by atoms with Gasteiger partial charge in [-0.1, -0.05) is 0 Å². The van der Waals surface area contributed by atoms with Gasteiger partial charge in [0.2, 0.25) is 0 Å². The Hall–Kier alpha value is -0.640. The molecule has 0 atom stereocenters. The van der Waals surface area contributed by atoms with E-state index >= 15 is 0 Å². The van der Waals surface area contributed by atoms with E-state index < -0.39 is 46.8 Å². The fraction of sp³-hybridized carbons (Fsp3) is 1.00. The van der Waals surface area contributed by atoms with E-state index in [1.807, 2.05) is 0 Å². The molecule has 0 N–H and O–H groups in total. The minimum Gasteiger partial charge on any atom is -0.203 e. The maximum atomic E-state index is 12.9. The molecule has 0 aromatic heterocycles. The fourth-order valence-corrected chi connectivity index (χ4v) is 1.36. The predicted molar refractivity (Wildman–Crippen MR) is 49.6 cm³/mol. The lowest BCUT2D eigenvalue weighted by atomic mass is 9.91. The number of hydrogen-bond acceptors (Lipinski definition) is 0. The second-order valence-corrected chi connectivity index (χ2v) is 5.29. The van der Waals surface area contributed by atoms with Crippen LogP contribution in [0.5, 0.6) is 0 Å². The molecule has 0 aromatic carbocycles. The molecule has 0 rings (SSSR count). The molecule has 152 valence electrons. The zero-order chi connectivity index (χ0) is 21.1. The van der Waals surface area contributed by atoms with Gasteiger partial charge < -0.3 is 0 Å². The van der Waals surface area contributed by atoms with Crippen LogP contribution in [0.3, 0.4) is 0 Å². The van der Waals surface area contributed by atoms with Gasteiger partial charge in [-0.25, -0.2) is 8.78 Å². The first-order chi connectivity index (χ1) is 10.4. The van der Waals surface area contributed by atoms with E-state index in [2.05, 4.69) is 0 Å². The normalized spacial score (nSPS) is 16.6. The minimum atomic E-state index is -8.33.